The zero-order valence-electron chi connectivity index (χ0n) is 16.3. The maximum Gasteiger partial charge on any atom is 0.410 e. The molecule has 2 N–H and O–H groups in total. The fourth-order valence-electron chi connectivity index (χ4n) is 3.57. The third-order valence-electron chi connectivity index (χ3n) is 5.20. The first-order valence-electron chi connectivity index (χ1n) is 9.63. The van der Waals surface area contributed by atoms with E-state index in [1.165, 1.54) is 6.07 Å². The molecular formula is C22H21F3N4O. The second-order valence-corrected chi connectivity index (χ2v) is 7.43. The van der Waals surface area contributed by atoms with Crippen LogP contribution < -0.4 is 10.6 Å². The number of hydrogen-bond acceptors (Lipinski definition) is 3. The zero-order valence-corrected chi connectivity index (χ0v) is 16.3. The summed E-state index contributed by atoms with van der Waals surface area (Å²) in [5, 5.41) is 9.78. The Hall–Kier alpha value is -3.29. The lowest BCUT2D eigenvalue weighted by atomic mass is 9.96. The van der Waals surface area contributed by atoms with Crippen molar-refractivity contribution in [3.05, 3.63) is 83.0 Å². The van der Waals surface area contributed by atoms with Gasteiger partial charge >= 0.3 is 6.18 Å². The number of nitrogens with zero attached hydrogens (tertiary/aromatic N) is 2. The second kappa shape index (κ2) is 7.85. The van der Waals surface area contributed by atoms with Gasteiger partial charge in [-0.25, -0.2) is 4.68 Å². The average Bonchev–Trinajstić information content (AvgIpc) is 3.16. The van der Waals surface area contributed by atoms with E-state index in [0.717, 1.165) is 21.4 Å². The number of alkyl halides is 3. The highest BCUT2D eigenvalue weighted by molar-refractivity contribution is 5.93. The van der Waals surface area contributed by atoms with E-state index in [-0.39, 0.29) is 24.5 Å². The molecule has 1 aliphatic heterocycles. The molecule has 3 aromatic rings. The van der Waals surface area contributed by atoms with Crippen LogP contribution in [0.5, 0.6) is 0 Å². The van der Waals surface area contributed by atoms with Crippen molar-refractivity contribution in [2.75, 3.05) is 5.32 Å². The Labute approximate surface area is 171 Å². The summed E-state index contributed by atoms with van der Waals surface area (Å²) < 4.78 is 42.2. The van der Waals surface area contributed by atoms with Crippen LogP contribution in [0.2, 0.25) is 0 Å². The lowest BCUT2D eigenvalue weighted by Crippen LogP contribution is -2.35. The first kappa shape index (κ1) is 20.0. The minimum atomic E-state index is -4.48. The van der Waals surface area contributed by atoms with E-state index in [1.807, 2.05) is 61.5 Å². The molecule has 0 saturated carbocycles. The van der Waals surface area contributed by atoms with Crippen molar-refractivity contribution in [1.29, 1.82) is 0 Å². The first-order valence-corrected chi connectivity index (χ1v) is 9.63. The third-order valence-corrected chi connectivity index (χ3v) is 5.20. The Bertz CT molecular complexity index is 1030. The first-order chi connectivity index (χ1) is 14.3. The molecule has 1 aliphatic rings. The highest BCUT2D eigenvalue weighted by atomic mass is 19.4. The topological polar surface area (TPSA) is 59.0 Å². The lowest BCUT2D eigenvalue weighted by Gasteiger charge is -2.33. The van der Waals surface area contributed by atoms with Crippen molar-refractivity contribution >= 4 is 11.7 Å². The van der Waals surface area contributed by atoms with Gasteiger partial charge in [0.05, 0.1) is 6.04 Å². The number of fused-ring (bicyclic) bond motifs is 1. The van der Waals surface area contributed by atoms with Crippen molar-refractivity contribution in [2.45, 2.75) is 38.1 Å². The molecule has 2 unspecified atom stereocenters. The molecule has 0 saturated heterocycles. The Morgan fingerprint density at radius 1 is 1.17 bits per heavy atom. The maximum absolute atomic E-state index is 13.8. The minimum Gasteiger partial charge on any atom is -0.363 e. The molecule has 1 amide bonds. The van der Waals surface area contributed by atoms with Gasteiger partial charge in [0.2, 0.25) is 0 Å². The average molecular weight is 414 g/mol. The normalized spacial score (nSPS) is 18.4. The molecule has 2 atom stereocenters. The number of benzene rings is 2. The summed E-state index contributed by atoms with van der Waals surface area (Å²) in [6, 6.07) is 15.7. The number of carbonyl (C=O) groups excluding carboxylic acids is 1. The van der Waals surface area contributed by atoms with E-state index in [1.54, 1.807) is 0 Å². The molecular weight excluding hydrogens is 393 g/mol. The summed E-state index contributed by atoms with van der Waals surface area (Å²) in [6.45, 7) is 2.19. The number of halogens is 3. The molecule has 2 heterocycles. The Morgan fingerprint density at radius 2 is 1.87 bits per heavy atom. The van der Waals surface area contributed by atoms with E-state index in [9.17, 15) is 18.0 Å². The molecule has 0 fully saturated rings. The van der Waals surface area contributed by atoms with Crippen LogP contribution in [0, 0.1) is 6.92 Å². The van der Waals surface area contributed by atoms with Gasteiger partial charge in [0.25, 0.3) is 5.91 Å². The zero-order chi connectivity index (χ0) is 21.3. The SMILES string of the molecule is Cc1ccc(C2CC(C(F)(F)F)n3nc(C(=O)NCc4ccccc4)cc3N2)cc1. The van der Waals surface area contributed by atoms with Crippen LogP contribution in [0.1, 0.15) is 45.7 Å². The van der Waals surface area contributed by atoms with Crippen molar-refractivity contribution < 1.29 is 18.0 Å². The molecule has 0 spiro atoms. The van der Waals surface area contributed by atoms with Crippen molar-refractivity contribution in [3.63, 3.8) is 0 Å². The fraction of sp³-hybridized carbons (Fsp3) is 0.273. The summed E-state index contributed by atoms with van der Waals surface area (Å²) in [5.41, 5.74) is 2.63. The molecule has 5 nitrogen and oxygen atoms in total. The molecule has 0 bridgehead atoms. The molecule has 0 radical (unpaired) electrons. The number of carbonyl (C=O) groups is 1. The number of rotatable bonds is 4. The van der Waals surface area contributed by atoms with E-state index < -0.39 is 24.2 Å². The maximum atomic E-state index is 13.8. The smallest absolute Gasteiger partial charge is 0.363 e. The molecule has 156 valence electrons. The van der Waals surface area contributed by atoms with Gasteiger partial charge in [0, 0.05) is 19.0 Å². The summed E-state index contributed by atoms with van der Waals surface area (Å²) >= 11 is 0. The van der Waals surface area contributed by atoms with E-state index in [0.29, 0.717) is 0 Å². The highest BCUT2D eigenvalue weighted by Crippen LogP contribution is 2.43. The van der Waals surface area contributed by atoms with E-state index in [4.69, 9.17) is 0 Å². The van der Waals surface area contributed by atoms with Gasteiger partial charge in [-0.15, -0.1) is 0 Å². The number of hydrogen-bond donors (Lipinski definition) is 2. The van der Waals surface area contributed by atoms with E-state index in [2.05, 4.69) is 15.7 Å². The number of anilines is 1. The predicted octanol–water partition coefficient (Wildman–Crippen LogP) is 4.78. The van der Waals surface area contributed by atoms with Crippen molar-refractivity contribution in [3.8, 4) is 0 Å². The van der Waals surface area contributed by atoms with Crippen LogP contribution in [-0.2, 0) is 6.54 Å². The fourth-order valence-corrected chi connectivity index (χ4v) is 3.57. The number of aryl methyl sites for hydroxylation is 1. The molecule has 2 aromatic carbocycles. The summed E-state index contributed by atoms with van der Waals surface area (Å²) in [7, 11) is 0. The van der Waals surface area contributed by atoms with Crippen LogP contribution in [0.4, 0.5) is 19.0 Å². The summed E-state index contributed by atoms with van der Waals surface area (Å²) in [6.07, 6.45) is -4.68. The quantitative estimate of drug-likeness (QED) is 0.646. The molecule has 8 heteroatoms. The van der Waals surface area contributed by atoms with Crippen LogP contribution >= 0.6 is 0 Å². The van der Waals surface area contributed by atoms with Gasteiger partial charge in [-0.05, 0) is 18.1 Å². The van der Waals surface area contributed by atoms with Crippen LogP contribution in [0.15, 0.2) is 60.7 Å². The van der Waals surface area contributed by atoms with Crippen LogP contribution in [0.25, 0.3) is 0 Å². The Kier molecular flexibility index (Phi) is 5.24. The van der Waals surface area contributed by atoms with Gasteiger partial charge in [0.15, 0.2) is 11.7 Å². The van der Waals surface area contributed by atoms with Crippen LogP contribution in [-0.4, -0.2) is 21.9 Å². The Morgan fingerprint density at radius 3 is 2.53 bits per heavy atom. The summed E-state index contributed by atoms with van der Waals surface area (Å²) in [4.78, 5) is 12.5. The minimum absolute atomic E-state index is 0.0489. The van der Waals surface area contributed by atoms with Crippen LogP contribution in [0.3, 0.4) is 0 Å². The number of aromatic nitrogens is 2. The third kappa shape index (κ3) is 4.17. The molecule has 0 aliphatic carbocycles. The largest absolute Gasteiger partial charge is 0.410 e. The monoisotopic (exact) mass is 414 g/mol. The lowest BCUT2D eigenvalue weighted by molar-refractivity contribution is -0.173. The molecule has 30 heavy (non-hydrogen) atoms. The van der Waals surface area contributed by atoms with Gasteiger partial charge in [-0.3, -0.25) is 4.79 Å². The van der Waals surface area contributed by atoms with Gasteiger partial charge in [0.1, 0.15) is 5.82 Å². The van der Waals surface area contributed by atoms with Gasteiger partial charge in [-0.1, -0.05) is 60.2 Å². The molecule has 1 aromatic heterocycles. The van der Waals surface area contributed by atoms with Gasteiger partial charge in [-0.2, -0.15) is 18.3 Å². The summed E-state index contributed by atoms with van der Waals surface area (Å²) in [5.74, 6) is -0.339. The Balaban J connectivity index is 1.58. The molecule has 4 rings (SSSR count). The van der Waals surface area contributed by atoms with E-state index >= 15 is 0 Å². The number of amides is 1. The van der Waals surface area contributed by atoms with Crippen molar-refractivity contribution in [2.24, 2.45) is 0 Å². The second-order valence-electron chi connectivity index (χ2n) is 7.43. The standard InChI is InChI=1S/C22H21F3N4O/c1-14-7-9-16(10-8-14)17-11-19(22(23,24)25)29-20(27-17)12-18(28-29)21(30)26-13-15-5-3-2-4-6-15/h2-10,12,17,19,27H,11,13H2,1H3,(H,26,30). The van der Waals surface area contributed by atoms with Gasteiger partial charge < -0.3 is 10.6 Å². The number of nitrogens with one attached hydrogen (secondary N) is 2. The predicted molar refractivity (Wildman–Crippen MR) is 107 cm³/mol. The van der Waals surface area contributed by atoms with Crippen molar-refractivity contribution in [1.82, 2.24) is 15.1 Å². The highest BCUT2D eigenvalue weighted by Gasteiger charge is 2.46.